The number of piperazine rings is 1. The fourth-order valence-electron chi connectivity index (χ4n) is 3.88. The fourth-order valence-corrected chi connectivity index (χ4v) is 4.02. The van der Waals surface area contributed by atoms with Crippen molar-refractivity contribution < 1.29 is 24.6 Å². The van der Waals surface area contributed by atoms with Crippen LogP contribution in [-0.2, 0) is 9.53 Å². The van der Waals surface area contributed by atoms with Gasteiger partial charge >= 0.3 is 6.09 Å². The van der Waals surface area contributed by atoms with Gasteiger partial charge in [0.15, 0.2) is 11.3 Å². The number of hydrogen-bond donors (Lipinski definition) is 0. The van der Waals surface area contributed by atoms with Crippen molar-refractivity contribution in [3.63, 3.8) is 0 Å². The van der Waals surface area contributed by atoms with Gasteiger partial charge in [0, 0.05) is 44.0 Å². The van der Waals surface area contributed by atoms with Crippen LogP contribution in [0.4, 0.5) is 10.6 Å². The van der Waals surface area contributed by atoms with Gasteiger partial charge in [0.25, 0.3) is 5.91 Å². The van der Waals surface area contributed by atoms with Gasteiger partial charge in [0.2, 0.25) is 12.1 Å². The number of fused-ring (bicyclic) bond motifs is 2. The Balaban J connectivity index is 0.00000289. The van der Waals surface area contributed by atoms with Crippen molar-refractivity contribution in [3.8, 4) is 0 Å². The number of anilines is 1. The molecule has 0 aliphatic carbocycles. The van der Waals surface area contributed by atoms with Gasteiger partial charge in [-0.3, -0.25) is 14.6 Å². The van der Waals surface area contributed by atoms with Crippen LogP contribution in [0, 0.1) is 0 Å². The number of aromatic nitrogens is 4. The second-order valence-electron chi connectivity index (χ2n) is 7.57. The van der Waals surface area contributed by atoms with Crippen molar-refractivity contribution in [1.82, 2.24) is 29.7 Å². The maximum absolute atomic E-state index is 13.2. The number of carbonyl (C=O) groups is 3. The summed E-state index contributed by atoms with van der Waals surface area (Å²) in [5, 5.41) is 0.989. The maximum atomic E-state index is 13.2. The molecule has 1 fully saturated rings. The Morgan fingerprint density at radius 1 is 1.03 bits per heavy atom. The van der Waals surface area contributed by atoms with E-state index in [2.05, 4.69) is 26.5 Å². The molecule has 13 heteroatoms. The molecule has 2 N–H and O–H groups in total. The monoisotopic (exact) mass is 497 g/mol. The van der Waals surface area contributed by atoms with Gasteiger partial charge in [-0.15, -0.1) is 0 Å². The first-order chi connectivity index (χ1) is 16.5. The number of halogens is 1. The highest BCUT2D eigenvalue weighted by molar-refractivity contribution is 6.29. The van der Waals surface area contributed by atoms with Gasteiger partial charge < -0.3 is 20.0 Å². The van der Waals surface area contributed by atoms with E-state index in [-0.39, 0.29) is 46.8 Å². The summed E-state index contributed by atoms with van der Waals surface area (Å²) in [6, 6.07) is 6.78. The predicted molar refractivity (Wildman–Crippen MR) is 125 cm³/mol. The number of carbonyl (C=O) groups excluding carboxylic acids is 3. The van der Waals surface area contributed by atoms with E-state index in [1.165, 1.54) is 28.3 Å². The molecule has 2 aliphatic heterocycles. The van der Waals surface area contributed by atoms with E-state index < -0.39 is 18.2 Å². The Morgan fingerprint density at radius 3 is 2.46 bits per heavy atom. The minimum absolute atomic E-state index is 0. The molecule has 1 saturated heterocycles. The number of ether oxygens (including phenoxy) is 1. The van der Waals surface area contributed by atoms with E-state index in [0.717, 1.165) is 5.39 Å². The summed E-state index contributed by atoms with van der Waals surface area (Å²) >= 11 is 6.00. The van der Waals surface area contributed by atoms with Crippen LogP contribution in [0.5, 0.6) is 0 Å². The zero-order valence-electron chi connectivity index (χ0n) is 18.3. The minimum Gasteiger partial charge on any atom is -0.419 e. The zero-order chi connectivity index (χ0) is 23.8. The molecule has 1 unspecified atom stereocenters. The second-order valence-corrected chi connectivity index (χ2v) is 7.96. The summed E-state index contributed by atoms with van der Waals surface area (Å²) in [5.41, 5.74) is 0.618. The van der Waals surface area contributed by atoms with E-state index in [0.29, 0.717) is 18.7 Å². The molecule has 5 rings (SSSR count). The molecule has 0 aromatic carbocycles. The summed E-state index contributed by atoms with van der Waals surface area (Å²) in [4.78, 5) is 59.3. The number of hydrogen-bond acceptors (Lipinski definition) is 8. The third-order valence-electron chi connectivity index (χ3n) is 5.60. The van der Waals surface area contributed by atoms with Gasteiger partial charge in [-0.1, -0.05) is 18.2 Å². The average molecular weight is 498 g/mol. The molecule has 35 heavy (non-hydrogen) atoms. The standard InChI is InChI=1S/C22H18ClN7O4.H2O/c1-2-16(31)28-9-11-29(12-10-28)22(33)34-21-18-17(24-7-8-25-18)20(32)30(21)15-6-4-13-3-5-14(23)26-19(13)27-15;/h2-8,21H,1,9-12H2;1H2. The molecule has 3 aromatic heterocycles. The highest BCUT2D eigenvalue weighted by Crippen LogP contribution is 2.36. The predicted octanol–water partition coefficient (Wildman–Crippen LogP) is 1.37. The highest BCUT2D eigenvalue weighted by atomic mass is 35.5. The van der Waals surface area contributed by atoms with Crippen LogP contribution in [0.3, 0.4) is 0 Å². The van der Waals surface area contributed by atoms with Crippen LogP contribution in [0.2, 0.25) is 5.15 Å². The number of pyridine rings is 2. The van der Waals surface area contributed by atoms with Crippen LogP contribution < -0.4 is 4.90 Å². The number of rotatable bonds is 3. The largest absolute Gasteiger partial charge is 0.419 e. The van der Waals surface area contributed by atoms with Gasteiger partial charge in [-0.25, -0.2) is 24.6 Å². The van der Waals surface area contributed by atoms with Crippen LogP contribution in [0.15, 0.2) is 49.3 Å². The van der Waals surface area contributed by atoms with Gasteiger partial charge in [0.05, 0.1) is 0 Å². The van der Waals surface area contributed by atoms with Crippen LogP contribution in [0.1, 0.15) is 22.4 Å². The third-order valence-corrected chi connectivity index (χ3v) is 5.81. The van der Waals surface area contributed by atoms with Crippen molar-refractivity contribution >= 4 is 46.4 Å². The lowest BCUT2D eigenvalue weighted by molar-refractivity contribution is -0.127. The molecule has 0 saturated carbocycles. The summed E-state index contributed by atoms with van der Waals surface area (Å²) in [5.74, 6) is -0.483. The first-order valence-corrected chi connectivity index (χ1v) is 10.8. The lowest BCUT2D eigenvalue weighted by atomic mass is 10.3. The summed E-state index contributed by atoms with van der Waals surface area (Å²) in [6.45, 7) is 4.74. The normalized spacial score (nSPS) is 17.1. The van der Waals surface area contributed by atoms with Crippen molar-refractivity contribution in [2.45, 2.75) is 6.23 Å². The van der Waals surface area contributed by atoms with Gasteiger partial charge in [-0.05, 0) is 30.3 Å². The Morgan fingerprint density at radius 2 is 1.71 bits per heavy atom. The molecular weight excluding hydrogens is 478 g/mol. The fraction of sp³-hybridized carbons (Fsp3) is 0.227. The van der Waals surface area contributed by atoms with E-state index >= 15 is 0 Å². The minimum atomic E-state index is -1.17. The second kappa shape index (κ2) is 9.60. The highest BCUT2D eigenvalue weighted by Gasteiger charge is 2.44. The van der Waals surface area contributed by atoms with Crippen LogP contribution in [-0.4, -0.2) is 79.3 Å². The molecule has 5 heterocycles. The first-order valence-electron chi connectivity index (χ1n) is 10.4. The average Bonchev–Trinajstić information content (AvgIpc) is 3.14. The van der Waals surface area contributed by atoms with Gasteiger partial charge in [0.1, 0.15) is 16.7 Å². The van der Waals surface area contributed by atoms with Crippen molar-refractivity contribution in [2.75, 3.05) is 31.1 Å². The van der Waals surface area contributed by atoms with E-state index in [9.17, 15) is 14.4 Å². The summed E-state index contributed by atoms with van der Waals surface area (Å²) in [6.07, 6.45) is 2.24. The molecule has 3 amide bonds. The molecule has 0 spiro atoms. The molecule has 0 bridgehead atoms. The molecule has 180 valence electrons. The quantitative estimate of drug-likeness (QED) is 0.388. The molecule has 3 aromatic rings. The van der Waals surface area contributed by atoms with E-state index in [4.69, 9.17) is 16.3 Å². The lowest BCUT2D eigenvalue weighted by Crippen LogP contribution is -2.51. The molecule has 2 aliphatic rings. The van der Waals surface area contributed by atoms with Crippen LogP contribution >= 0.6 is 11.6 Å². The van der Waals surface area contributed by atoms with Crippen LogP contribution in [0.25, 0.3) is 11.0 Å². The Bertz CT molecular complexity index is 1330. The van der Waals surface area contributed by atoms with Crippen molar-refractivity contribution in [3.05, 3.63) is 65.9 Å². The summed E-state index contributed by atoms with van der Waals surface area (Å²) < 4.78 is 5.75. The molecule has 12 nitrogen and oxygen atoms in total. The SMILES string of the molecule is C=CC(=O)N1CCN(C(=O)OC2c3nccnc3C(=O)N2c2ccc3ccc(Cl)nc3n2)CC1.O. The van der Waals surface area contributed by atoms with E-state index in [1.54, 1.807) is 29.2 Å². The Labute approximate surface area is 204 Å². The molecular formula is C22H20ClN7O5. The number of amides is 3. The smallest absolute Gasteiger partial charge is 0.412 e. The number of nitrogens with zero attached hydrogens (tertiary/aromatic N) is 7. The zero-order valence-corrected chi connectivity index (χ0v) is 19.1. The third kappa shape index (κ3) is 4.36. The van der Waals surface area contributed by atoms with Crippen molar-refractivity contribution in [2.24, 2.45) is 0 Å². The molecule has 1 atom stereocenters. The van der Waals surface area contributed by atoms with Gasteiger partial charge in [-0.2, -0.15) is 0 Å². The maximum Gasteiger partial charge on any atom is 0.412 e. The molecule has 0 radical (unpaired) electrons. The Kier molecular flexibility index (Phi) is 6.58. The Hall–Kier alpha value is -4.16. The first kappa shape index (κ1) is 24.0. The topological polar surface area (TPSA) is 153 Å². The van der Waals surface area contributed by atoms with E-state index in [1.807, 2.05) is 0 Å². The lowest BCUT2D eigenvalue weighted by Gasteiger charge is -2.34. The summed E-state index contributed by atoms with van der Waals surface area (Å²) in [7, 11) is 0. The van der Waals surface area contributed by atoms with Crippen molar-refractivity contribution in [1.29, 1.82) is 0 Å².